The van der Waals surface area contributed by atoms with Crippen LogP contribution in [0, 0.1) is 11.3 Å². The number of halogens is 3. The smallest absolute Gasteiger partial charge is 0.433 e. The maximum atomic E-state index is 13.6. The molecule has 1 aliphatic heterocycles. The van der Waals surface area contributed by atoms with Crippen LogP contribution in [0.15, 0.2) is 12.3 Å². The molecule has 1 saturated carbocycles. The van der Waals surface area contributed by atoms with Crippen molar-refractivity contribution in [3.05, 3.63) is 18.0 Å². The Hall–Kier alpha value is -2.59. The van der Waals surface area contributed by atoms with E-state index in [0.717, 1.165) is 12.3 Å². The van der Waals surface area contributed by atoms with Gasteiger partial charge in [-0.15, -0.1) is 0 Å². The molecule has 2 atom stereocenters. The topological polar surface area (TPSA) is 87.7 Å². The van der Waals surface area contributed by atoms with E-state index < -0.39 is 29.0 Å². The van der Waals surface area contributed by atoms with Crippen molar-refractivity contribution in [3.63, 3.8) is 0 Å². The number of amides is 2. The fourth-order valence-electron chi connectivity index (χ4n) is 4.72. The molecular formula is C23H34F3N5O3. The summed E-state index contributed by atoms with van der Waals surface area (Å²) in [5.41, 5.74) is -2.19. The predicted molar refractivity (Wildman–Crippen MR) is 120 cm³/mol. The number of rotatable bonds is 4. The molecule has 2 heterocycles. The summed E-state index contributed by atoms with van der Waals surface area (Å²) < 4.78 is 44.3. The second kappa shape index (κ2) is 9.58. The first-order valence-corrected chi connectivity index (χ1v) is 11.7. The Morgan fingerprint density at radius 3 is 2.38 bits per heavy atom. The Labute approximate surface area is 198 Å². The molecule has 2 fully saturated rings. The van der Waals surface area contributed by atoms with Crippen LogP contribution in [-0.4, -0.2) is 64.7 Å². The number of carbonyl (C=O) groups excluding carboxylic acids is 2. The monoisotopic (exact) mass is 485 g/mol. The molecular weight excluding hydrogens is 451 g/mol. The molecule has 190 valence electrons. The summed E-state index contributed by atoms with van der Waals surface area (Å²) in [6.07, 6.45) is -2.06. The fourth-order valence-corrected chi connectivity index (χ4v) is 4.72. The zero-order valence-corrected chi connectivity index (χ0v) is 20.4. The van der Waals surface area contributed by atoms with Gasteiger partial charge in [0.05, 0.1) is 5.41 Å². The van der Waals surface area contributed by atoms with Crippen molar-refractivity contribution in [1.29, 1.82) is 0 Å². The molecule has 1 aromatic rings. The summed E-state index contributed by atoms with van der Waals surface area (Å²) in [5, 5.41) is 2.90. The van der Waals surface area contributed by atoms with E-state index in [2.05, 4.69) is 15.3 Å². The lowest BCUT2D eigenvalue weighted by molar-refractivity contribution is -0.145. The number of nitrogens with one attached hydrogen (secondary N) is 1. The summed E-state index contributed by atoms with van der Waals surface area (Å²) in [6.45, 7) is 10.9. The number of carbonyl (C=O) groups is 2. The lowest BCUT2D eigenvalue weighted by Crippen LogP contribution is -2.54. The average Bonchev–Trinajstić information content (AvgIpc) is 3.16. The average molecular weight is 486 g/mol. The predicted octanol–water partition coefficient (Wildman–Crippen LogP) is 3.86. The molecule has 0 radical (unpaired) electrons. The summed E-state index contributed by atoms with van der Waals surface area (Å²) in [7, 11) is 0. The van der Waals surface area contributed by atoms with Gasteiger partial charge in [0.1, 0.15) is 11.3 Å². The van der Waals surface area contributed by atoms with Crippen molar-refractivity contribution < 1.29 is 27.5 Å². The van der Waals surface area contributed by atoms with Gasteiger partial charge < -0.3 is 19.9 Å². The quantitative estimate of drug-likeness (QED) is 0.697. The van der Waals surface area contributed by atoms with Crippen molar-refractivity contribution in [2.75, 3.05) is 31.1 Å². The summed E-state index contributed by atoms with van der Waals surface area (Å²) >= 11 is 0. The highest BCUT2D eigenvalue weighted by molar-refractivity contribution is 5.84. The minimum Gasteiger partial charge on any atom is -0.444 e. The third-order valence-electron chi connectivity index (χ3n) is 6.58. The van der Waals surface area contributed by atoms with Crippen LogP contribution in [0.2, 0.25) is 0 Å². The highest BCUT2D eigenvalue weighted by Gasteiger charge is 2.50. The van der Waals surface area contributed by atoms with Crippen molar-refractivity contribution in [2.45, 2.75) is 71.7 Å². The van der Waals surface area contributed by atoms with Crippen LogP contribution in [0.25, 0.3) is 0 Å². The van der Waals surface area contributed by atoms with Gasteiger partial charge in [-0.3, -0.25) is 4.79 Å². The van der Waals surface area contributed by atoms with Crippen molar-refractivity contribution in [3.8, 4) is 0 Å². The Kier molecular flexibility index (Phi) is 7.33. The Balaban J connectivity index is 1.63. The summed E-state index contributed by atoms with van der Waals surface area (Å²) in [6, 6.07) is 0.693. The van der Waals surface area contributed by atoms with E-state index in [4.69, 9.17) is 4.74 Å². The van der Waals surface area contributed by atoms with E-state index in [1.807, 2.05) is 13.8 Å². The van der Waals surface area contributed by atoms with Gasteiger partial charge in [-0.05, 0) is 52.0 Å². The number of piperazine rings is 1. The Morgan fingerprint density at radius 2 is 1.82 bits per heavy atom. The van der Waals surface area contributed by atoms with Crippen LogP contribution in [0.5, 0.6) is 0 Å². The number of anilines is 1. The molecule has 1 aromatic heterocycles. The maximum Gasteiger partial charge on any atom is 0.433 e. The van der Waals surface area contributed by atoms with Crippen LogP contribution in [0.1, 0.15) is 59.6 Å². The summed E-state index contributed by atoms with van der Waals surface area (Å²) in [4.78, 5) is 36.9. The molecule has 3 rings (SSSR count). The van der Waals surface area contributed by atoms with Gasteiger partial charge >= 0.3 is 12.3 Å². The zero-order valence-electron chi connectivity index (χ0n) is 20.4. The molecule has 11 heteroatoms. The highest BCUT2D eigenvalue weighted by atomic mass is 19.4. The lowest BCUT2D eigenvalue weighted by atomic mass is 9.74. The normalized spacial score (nSPS) is 23.9. The van der Waals surface area contributed by atoms with Crippen LogP contribution in [-0.2, 0) is 15.7 Å². The molecule has 0 bridgehead atoms. The van der Waals surface area contributed by atoms with Gasteiger partial charge in [-0.1, -0.05) is 13.8 Å². The van der Waals surface area contributed by atoms with Crippen LogP contribution in [0.3, 0.4) is 0 Å². The molecule has 2 aliphatic rings. The third-order valence-corrected chi connectivity index (χ3v) is 6.58. The molecule has 1 N–H and O–H groups in total. The highest BCUT2D eigenvalue weighted by Crippen LogP contribution is 2.46. The number of nitrogens with zero attached hydrogens (tertiary/aromatic N) is 4. The number of hydrogen-bond acceptors (Lipinski definition) is 6. The molecule has 2 unspecified atom stereocenters. The van der Waals surface area contributed by atoms with E-state index in [9.17, 15) is 22.8 Å². The standard InChI is InChI=1S/C23H34F3N5O3/c1-15(2)22(8-6-16(14-22)28-20(33)34-21(3,4)5)18(32)30-10-12-31(13-11-30)19-27-9-7-17(29-19)23(24,25)26/h7,9,15-16H,6,8,10-14H2,1-5H3,(H,28,33). The molecule has 1 aliphatic carbocycles. The van der Waals surface area contributed by atoms with Gasteiger partial charge in [0.15, 0.2) is 0 Å². The number of hydrogen-bond donors (Lipinski definition) is 1. The maximum absolute atomic E-state index is 13.6. The summed E-state index contributed by atoms with van der Waals surface area (Å²) in [5.74, 6) is 0.110. The molecule has 0 spiro atoms. The second-order valence-corrected chi connectivity index (χ2v) is 10.4. The number of ether oxygens (including phenoxy) is 1. The van der Waals surface area contributed by atoms with E-state index in [-0.39, 0.29) is 23.8 Å². The van der Waals surface area contributed by atoms with E-state index in [1.165, 1.54) is 0 Å². The molecule has 8 nitrogen and oxygen atoms in total. The van der Waals surface area contributed by atoms with E-state index in [0.29, 0.717) is 45.4 Å². The second-order valence-electron chi connectivity index (χ2n) is 10.4. The Morgan fingerprint density at radius 1 is 1.18 bits per heavy atom. The zero-order chi connectivity index (χ0) is 25.3. The van der Waals surface area contributed by atoms with Gasteiger partial charge in [0, 0.05) is 38.4 Å². The molecule has 2 amide bonds. The number of alkyl halides is 3. The number of alkyl carbamates (subject to hydrolysis) is 1. The minimum absolute atomic E-state index is 0.0167. The van der Waals surface area contributed by atoms with Gasteiger partial charge in [0.2, 0.25) is 11.9 Å². The van der Waals surface area contributed by atoms with Crippen molar-refractivity contribution in [2.24, 2.45) is 11.3 Å². The van der Waals surface area contributed by atoms with Gasteiger partial charge in [-0.25, -0.2) is 14.8 Å². The van der Waals surface area contributed by atoms with Crippen molar-refractivity contribution >= 4 is 17.9 Å². The van der Waals surface area contributed by atoms with Crippen LogP contribution < -0.4 is 10.2 Å². The molecule has 0 aromatic carbocycles. The van der Waals surface area contributed by atoms with Crippen molar-refractivity contribution in [1.82, 2.24) is 20.2 Å². The Bertz CT molecular complexity index is 895. The minimum atomic E-state index is -4.54. The van der Waals surface area contributed by atoms with E-state index in [1.54, 1.807) is 30.6 Å². The van der Waals surface area contributed by atoms with Crippen LogP contribution in [0.4, 0.5) is 23.9 Å². The third kappa shape index (κ3) is 5.90. The van der Waals surface area contributed by atoms with Gasteiger partial charge in [0.25, 0.3) is 0 Å². The molecule has 1 saturated heterocycles. The fraction of sp³-hybridized carbons (Fsp3) is 0.739. The number of aromatic nitrogens is 2. The lowest BCUT2D eigenvalue weighted by Gasteiger charge is -2.41. The molecule has 34 heavy (non-hydrogen) atoms. The largest absolute Gasteiger partial charge is 0.444 e. The van der Waals surface area contributed by atoms with E-state index >= 15 is 0 Å². The first kappa shape index (κ1) is 26.0. The SMILES string of the molecule is CC(C)C1(C(=O)N2CCN(c3nccc(C(F)(F)F)n3)CC2)CCC(NC(=O)OC(C)(C)C)C1. The first-order valence-electron chi connectivity index (χ1n) is 11.7. The van der Waals surface area contributed by atoms with Crippen LogP contribution >= 0.6 is 0 Å². The van der Waals surface area contributed by atoms with Gasteiger partial charge in [-0.2, -0.15) is 13.2 Å². The first-order chi connectivity index (χ1) is 15.7.